The molecule has 0 saturated carbocycles. The number of anilines is 1. The van der Waals surface area contributed by atoms with E-state index in [-0.39, 0.29) is 5.78 Å². The molecule has 0 unspecified atom stereocenters. The second-order valence-electron chi connectivity index (χ2n) is 4.12. The van der Waals surface area contributed by atoms with E-state index in [4.69, 9.17) is 10.5 Å². The van der Waals surface area contributed by atoms with Gasteiger partial charge < -0.3 is 10.5 Å². The van der Waals surface area contributed by atoms with Gasteiger partial charge in [0.15, 0.2) is 10.9 Å². The molecule has 4 nitrogen and oxygen atoms in total. The summed E-state index contributed by atoms with van der Waals surface area (Å²) in [5.41, 5.74) is 7.33. The van der Waals surface area contributed by atoms with E-state index in [2.05, 4.69) is 4.98 Å². The maximum Gasteiger partial charge on any atom is 0.181 e. The first-order valence-electron chi connectivity index (χ1n) is 6.21. The molecular formula is C14H16N2O2S2. The number of benzene rings is 1. The third-order valence-corrected chi connectivity index (χ3v) is 4.71. The van der Waals surface area contributed by atoms with Gasteiger partial charge in [-0.1, -0.05) is 11.3 Å². The Morgan fingerprint density at radius 1 is 1.50 bits per heavy atom. The molecule has 1 aromatic carbocycles. The van der Waals surface area contributed by atoms with Crippen LogP contribution < -0.4 is 10.5 Å². The first-order valence-corrected chi connectivity index (χ1v) is 8.01. The van der Waals surface area contributed by atoms with Crippen LogP contribution in [0, 0.1) is 0 Å². The summed E-state index contributed by atoms with van der Waals surface area (Å²) in [4.78, 5) is 15.5. The maximum absolute atomic E-state index is 11.5. The van der Waals surface area contributed by atoms with Crippen LogP contribution in [-0.2, 0) is 5.75 Å². The van der Waals surface area contributed by atoms with E-state index < -0.39 is 0 Å². The molecule has 0 aliphatic rings. The highest BCUT2D eigenvalue weighted by atomic mass is 32.2. The van der Waals surface area contributed by atoms with E-state index in [1.165, 1.54) is 11.3 Å². The number of nitrogens with zero attached hydrogens (tertiary/aromatic N) is 1. The van der Waals surface area contributed by atoms with Gasteiger partial charge in [-0.15, -0.1) is 11.8 Å². The van der Waals surface area contributed by atoms with Gasteiger partial charge in [-0.2, -0.15) is 0 Å². The van der Waals surface area contributed by atoms with E-state index in [0.29, 0.717) is 17.3 Å². The van der Waals surface area contributed by atoms with Crippen molar-refractivity contribution < 1.29 is 9.53 Å². The van der Waals surface area contributed by atoms with Crippen LogP contribution in [0.4, 0.5) is 5.13 Å². The summed E-state index contributed by atoms with van der Waals surface area (Å²) in [6.07, 6.45) is 1.76. The van der Waals surface area contributed by atoms with Crippen molar-refractivity contribution in [3.05, 3.63) is 35.5 Å². The Hall–Kier alpha value is -1.53. The van der Waals surface area contributed by atoms with Gasteiger partial charge in [0.1, 0.15) is 5.75 Å². The van der Waals surface area contributed by atoms with Crippen molar-refractivity contribution in [3.63, 3.8) is 0 Å². The van der Waals surface area contributed by atoms with Crippen molar-refractivity contribution >= 4 is 34.0 Å². The average Bonchev–Trinajstić information content (AvgIpc) is 2.83. The minimum atomic E-state index is 0.0568. The van der Waals surface area contributed by atoms with Crippen LogP contribution in [-0.4, -0.2) is 17.4 Å². The molecule has 20 heavy (non-hydrogen) atoms. The number of nitrogens with two attached hydrogens (primary N) is 1. The number of ether oxygens (including phenoxy) is 1. The normalized spacial score (nSPS) is 10.5. The summed E-state index contributed by atoms with van der Waals surface area (Å²) in [5.74, 6) is 1.60. The highest BCUT2D eigenvalue weighted by molar-refractivity contribution is 8.00. The van der Waals surface area contributed by atoms with Crippen molar-refractivity contribution in [3.8, 4) is 5.75 Å². The average molecular weight is 308 g/mol. The third-order valence-electron chi connectivity index (χ3n) is 2.64. The van der Waals surface area contributed by atoms with Crippen LogP contribution in [0.2, 0.25) is 0 Å². The highest BCUT2D eigenvalue weighted by Crippen LogP contribution is 2.32. The Morgan fingerprint density at radius 3 is 2.90 bits per heavy atom. The lowest BCUT2D eigenvalue weighted by Gasteiger charge is -2.10. The number of rotatable bonds is 6. The Kier molecular flexibility index (Phi) is 5.03. The Bertz CT molecular complexity index is 611. The quantitative estimate of drug-likeness (QED) is 0.652. The van der Waals surface area contributed by atoms with Gasteiger partial charge in [-0.3, -0.25) is 4.79 Å². The summed E-state index contributed by atoms with van der Waals surface area (Å²) in [7, 11) is 0. The lowest BCUT2D eigenvalue weighted by molar-refractivity contribution is 0.101. The number of nitrogen functional groups attached to an aromatic ring is 1. The molecule has 2 N–H and O–H groups in total. The lowest BCUT2D eigenvalue weighted by Crippen LogP contribution is -1.99. The largest absolute Gasteiger partial charge is 0.494 e. The van der Waals surface area contributed by atoms with Crippen LogP contribution in [0.15, 0.2) is 28.6 Å². The SMILES string of the molecule is CCOc1ccc(C(C)=O)cc1CSc1cnc(N)s1. The number of thiazole rings is 1. The minimum Gasteiger partial charge on any atom is -0.494 e. The van der Waals surface area contributed by atoms with Gasteiger partial charge >= 0.3 is 0 Å². The molecule has 2 aromatic rings. The molecule has 0 fully saturated rings. The van der Waals surface area contributed by atoms with Crippen molar-refractivity contribution in [2.75, 3.05) is 12.3 Å². The van der Waals surface area contributed by atoms with E-state index in [1.807, 2.05) is 19.1 Å². The Labute approximate surface area is 126 Å². The molecule has 0 bridgehead atoms. The van der Waals surface area contributed by atoms with Crippen LogP contribution >= 0.6 is 23.1 Å². The van der Waals surface area contributed by atoms with E-state index in [9.17, 15) is 4.79 Å². The van der Waals surface area contributed by atoms with Crippen molar-refractivity contribution in [2.24, 2.45) is 0 Å². The zero-order chi connectivity index (χ0) is 14.5. The molecule has 0 aliphatic heterocycles. The number of ketones is 1. The topological polar surface area (TPSA) is 65.2 Å². The second-order valence-corrected chi connectivity index (χ2v) is 6.46. The van der Waals surface area contributed by atoms with Crippen LogP contribution in [0.3, 0.4) is 0 Å². The molecule has 0 amide bonds. The molecule has 0 atom stereocenters. The first-order chi connectivity index (χ1) is 9.60. The fraction of sp³-hybridized carbons (Fsp3) is 0.286. The number of Topliss-reactive ketones (excluding diaryl/α,β-unsaturated/α-hetero) is 1. The molecule has 1 heterocycles. The Morgan fingerprint density at radius 2 is 2.30 bits per heavy atom. The number of aromatic nitrogens is 1. The van der Waals surface area contributed by atoms with Crippen molar-refractivity contribution in [1.82, 2.24) is 4.98 Å². The number of hydrogen-bond acceptors (Lipinski definition) is 6. The summed E-state index contributed by atoms with van der Waals surface area (Å²) < 4.78 is 6.66. The van der Waals surface area contributed by atoms with E-state index in [1.54, 1.807) is 30.9 Å². The first kappa shape index (κ1) is 14.9. The molecule has 2 rings (SSSR count). The molecule has 106 valence electrons. The van der Waals surface area contributed by atoms with Crippen LogP contribution in [0.5, 0.6) is 5.75 Å². The predicted molar refractivity (Wildman–Crippen MR) is 83.7 cm³/mol. The molecular weight excluding hydrogens is 292 g/mol. The van der Waals surface area contributed by atoms with E-state index in [0.717, 1.165) is 21.3 Å². The standard InChI is InChI=1S/C14H16N2O2S2/c1-3-18-12-5-4-10(9(2)17)6-11(12)8-19-13-7-16-14(15)20-13/h4-7H,3,8H2,1-2H3,(H2,15,16). The predicted octanol–water partition coefficient (Wildman–Crippen LogP) is 3.62. The number of carbonyl (C=O) groups excluding carboxylic acids is 1. The summed E-state index contributed by atoms with van der Waals surface area (Å²) in [5, 5.41) is 0.565. The van der Waals surface area contributed by atoms with Gasteiger partial charge in [-0.05, 0) is 32.0 Å². The summed E-state index contributed by atoms with van der Waals surface area (Å²) in [6, 6.07) is 5.55. The molecule has 0 radical (unpaired) electrons. The Balaban J connectivity index is 2.18. The minimum absolute atomic E-state index is 0.0568. The van der Waals surface area contributed by atoms with Gasteiger partial charge in [-0.25, -0.2) is 4.98 Å². The number of hydrogen-bond donors (Lipinski definition) is 1. The van der Waals surface area contributed by atoms with Gasteiger partial charge in [0.25, 0.3) is 0 Å². The molecule has 0 spiro atoms. The molecule has 0 aliphatic carbocycles. The van der Waals surface area contributed by atoms with Gasteiger partial charge in [0.2, 0.25) is 0 Å². The zero-order valence-electron chi connectivity index (χ0n) is 11.4. The monoisotopic (exact) mass is 308 g/mol. The number of carbonyl (C=O) groups is 1. The van der Waals surface area contributed by atoms with Gasteiger partial charge in [0, 0.05) is 16.9 Å². The fourth-order valence-corrected chi connectivity index (χ4v) is 3.43. The number of thioether (sulfide) groups is 1. The van der Waals surface area contributed by atoms with Crippen LogP contribution in [0.1, 0.15) is 29.8 Å². The van der Waals surface area contributed by atoms with Crippen molar-refractivity contribution in [1.29, 1.82) is 0 Å². The maximum atomic E-state index is 11.5. The lowest BCUT2D eigenvalue weighted by atomic mass is 10.1. The molecule has 0 saturated heterocycles. The fourth-order valence-electron chi connectivity index (χ4n) is 1.70. The zero-order valence-corrected chi connectivity index (χ0v) is 13.0. The van der Waals surface area contributed by atoms with Crippen LogP contribution in [0.25, 0.3) is 0 Å². The van der Waals surface area contributed by atoms with Crippen molar-refractivity contribution in [2.45, 2.75) is 23.8 Å². The smallest absolute Gasteiger partial charge is 0.181 e. The highest BCUT2D eigenvalue weighted by Gasteiger charge is 2.09. The molecule has 6 heteroatoms. The summed E-state index contributed by atoms with van der Waals surface area (Å²) in [6.45, 7) is 4.11. The summed E-state index contributed by atoms with van der Waals surface area (Å²) >= 11 is 3.10. The third kappa shape index (κ3) is 3.74. The molecule has 1 aromatic heterocycles. The van der Waals surface area contributed by atoms with E-state index >= 15 is 0 Å². The second kappa shape index (κ2) is 6.76. The van der Waals surface area contributed by atoms with Gasteiger partial charge in [0.05, 0.1) is 17.0 Å².